The van der Waals surface area contributed by atoms with Gasteiger partial charge in [0.05, 0.1) is 43.2 Å². The number of benzene rings is 1. The number of fused-ring (bicyclic) bond motifs is 5. The van der Waals surface area contributed by atoms with E-state index in [0.717, 1.165) is 0 Å². The molecule has 1 saturated heterocycles. The summed E-state index contributed by atoms with van der Waals surface area (Å²) >= 11 is 0. The summed E-state index contributed by atoms with van der Waals surface area (Å²) in [4.78, 5) is 56.3. The second kappa shape index (κ2) is 13.6. The third kappa shape index (κ3) is 6.20. The van der Waals surface area contributed by atoms with E-state index in [1.54, 1.807) is 44.2 Å². The van der Waals surface area contributed by atoms with E-state index in [4.69, 9.17) is 18.7 Å². The molecule has 3 aliphatic carbocycles. The third-order valence-corrected chi connectivity index (χ3v) is 33.1. The minimum Gasteiger partial charge on any atom is -0.458 e. The SMILES string of the molecule is CC(=O)O[C@@]12CO[C@@H]1C[C@H](OP(P(P)P)P(P)P)[C@@]1(C)C(=O)C(=O)C3C(C)C(O)CC([C@@H](OC(=O)c4ccccc4)[C@H]21)C3(C)C. The van der Waals surface area contributed by atoms with Gasteiger partial charge >= 0.3 is 11.9 Å². The molecule has 2 bridgehead atoms. The molecule has 0 spiro atoms. The molecule has 14 atom stereocenters. The van der Waals surface area contributed by atoms with E-state index in [-0.39, 0.29) is 19.4 Å². The Balaban J connectivity index is 1.77. The number of rotatable bonds is 7. The number of ketones is 2. The highest BCUT2D eigenvalue weighted by molar-refractivity contribution is 8.96. The zero-order chi connectivity index (χ0) is 33.2. The number of hydrogen-bond donors (Lipinski definition) is 1. The van der Waals surface area contributed by atoms with Crippen molar-refractivity contribution in [3.63, 3.8) is 0 Å². The summed E-state index contributed by atoms with van der Waals surface area (Å²) in [6.07, 6.45) is -2.90. The molecular weight excluding hydrogens is 709 g/mol. The van der Waals surface area contributed by atoms with Gasteiger partial charge in [-0.3, -0.25) is 14.4 Å². The van der Waals surface area contributed by atoms with Gasteiger partial charge in [0.15, 0.2) is 5.60 Å². The molecule has 4 aliphatic rings. The normalized spacial score (nSPS) is 39.0. The standard InChI is InChI=1S/C29H43O9P7/c1-14-18(31)11-17-23(36-26(34)16-9-7-6-8-10-16)24-28(5,25(33)22(32)21(14)27(17,3)4)19(38-43(44(39)40)45(41)42)12-20-29(24,13-35-20)37-15(2)30/h6-10,14,17-21,23-24,31H,11-13,39-42H2,1-5H3/t14?,17?,18?,19-,20+,21?,23+,24-,28+,29-/m0/s1. The van der Waals surface area contributed by atoms with E-state index in [0.29, 0.717) is 5.56 Å². The van der Waals surface area contributed by atoms with Gasteiger partial charge in [-0.1, -0.05) is 39.0 Å². The van der Waals surface area contributed by atoms with Crippen LogP contribution < -0.4 is 0 Å². The molecule has 45 heavy (non-hydrogen) atoms. The average molecular weight is 752 g/mol. The number of aliphatic hydroxyl groups is 1. The Labute approximate surface area is 277 Å². The van der Waals surface area contributed by atoms with Crippen LogP contribution in [0.5, 0.6) is 0 Å². The van der Waals surface area contributed by atoms with Crippen LogP contribution in [-0.4, -0.2) is 65.2 Å². The fourth-order valence-corrected chi connectivity index (χ4v) is 41.4. The highest BCUT2D eigenvalue weighted by atomic mass is 33.0. The zero-order valence-electron chi connectivity index (χ0n) is 26.0. The van der Waals surface area contributed by atoms with Gasteiger partial charge in [-0.15, -0.1) is 35.7 Å². The van der Waals surface area contributed by atoms with Gasteiger partial charge in [-0.05, 0) is 50.8 Å². The molecule has 0 aromatic heterocycles. The fraction of sp³-hybridized carbons (Fsp3) is 0.655. The summed E-state index contributed by atoms with van der Waals surface area (Å²) in [6, 6.07) is 8.59. The van der Waals surface area contributed by atoms with Gasteiger partial charge < -0.3 is 23.8 Å². The van der Waals surface area contributed by atoms with E-state index in [1.165, 1.54) is 6.92 Å². The summed E-state index contributed by atoms with van der Waals surface area (Å²) in [5.74, 6) is -5.23. The third-order valence-electron chi connectivity index (χ3n) is 10.6. The Morgan fingerprint density at radius 2 is 1.64 bits per heavy atom. The first-order valence-electron chi connectivity index (χ1n) is 14.9. The molecule has 5 rings (SSSR count). The lowest BCUT2D eigenvalue weighted by Gasteiger charge is -2.66. The van der Waals surface area contributed by atoms with Gasteiger partial charge in [0.1, 0.15) is 12.2 Å². The lowest BCUT2D eigenvalue weighted by Crippen LogP contribution is -2.79. The van der Waals surface area contributed by atoms with E-state index in [2.05, 4.69) is 35.7 Å². The van der Waals surface area contributed by atoms with Crippen molar-refractivity contribution in [2.75, 3.05) is 6.61 Å². The van der Waals surface area contributed by atoms with Crippen LogP contribution in [0.2, 0.25) is 0 Å². The topological polar surface area (TPSA) is 125 Å². The lowest BCUT2D eigenvalue weighted by molar-refractivity contribution is -0.333. The number of ether oxygens (including phenoxy) is 3. The van der Waals surface area contributed by atoms with Crippen LogP contribution in [0.4, 0.5) is 0 Å². The summed E-state index contributed by atoms with van der Waals surface area (Å²) in [6.45, 7) is 7.22. The first kappa shape index (κ1) is 36.7. The molecule has 3 saturated carbocycles. The molecule has 1 aromatic rings. The molecule has 248 valence electrons. The highest BCUT2D eigenvalue weighted by Gasteiger charge is 2.76. The van der Waals surface area contributed by atoms with Crippen molar-refractivity contribution in [3.8, 4) is 0 Å². The quantitative estimate of drug-likeness (QED) is 0.189. The van der Waals surface area contributed by atoms with E-state index in [1.807, 2.05) is 13.8 Å². The van der Waals surface area contributed by atoms with E-state index < -0.39 is 110 Å². The number of esters is 2. The number of aliphatic hydroxyl groups excluding tert-OH is 1. The van der Waals surface area contributed by atoms with Gasteiger partial charge in [-0.2, -0.15) is 0 Å². The monoisotopic (exact) mass is 752 g/mol. The number of Topliss-reactive ketones (excluding diaryl/α,β-unsaturated/α-hetero) is 2. The summed E-state index contributed by atoms with van der Waals surface area (Å²) in [5, 5.41) is 11.4. The molecule has 1 aromatic carbocycles. The zero-order valence-corrected chi connectivity index (χ0v) is 33.3. The van der Waals surface area contributed by atoms with Crippen LogP contribution in [0.15, 0.2) is 30.3 Å². The smallest absolute Gasteiger partial charge is 0.338 e. The second-order valence-corrected chi connectivity index (χ2v) is 37.1. The first-order chi connectivity index (χ1) is 21.0. The molecular formula is C29H43O9P7. The van der Waals surface area contributed by atoms with Crippen LogP contribution in [0, 0.1) is 34.5 Å². The predicted octanol–water partition coefficient (Wildman–Crippen LogP) is 6.49. The van der Waals surface area contributed by atoms with E-state index >= 15 is 0 Å². The Hall–Kier alpha value is 0.390. The highest BCUT2D eigenvalue weighted by Crippen LogP contribution is 2.98. The molecule has 8 unspecified atom stereocenters. The van der Waals surface area contributed by atoms with Crippen molar-refractivity contribution in [1.29, 1.82) is 0 Å². The number of carbonyl (C=O) groups is 4. The summed E-state index contributed by atoms with van der Waals surface area (Å²) in [5.41, 5.74) is -3.41. The second-order valence-electron chi connectivity index (χ2n) is 13.4. The molecule has 1 aliphatic heterocycles. The number of carbonyl (C=O) groups excluding carboxylic acids is 4. The number of hydrogen-bond acceptors (Lipinski definition) is 9. The maximum atomic E-state index is 15.0. The van der Waals surface area contributed by atoms with Crippen molar-refractivity contribution in [2.24, 2.45) is 34.5 Å². The maximum Gasteiger partial charge on any atom is 0.338 e. The Morgan fingerprint density at radius 3 is 2.18 bits per heavy atom. The van der Waals surface area contributed by atoms with Crippen LogP contribution in [0.3, 0.4) is 0 Å². The van der Waals surface area contributed by atoms with Crippen molar-refractivity contribution in [2.45, 2.75) is 77.5 Å². The van der Waals surface area contributed by atoms with E-state index in [9.17, 15) is 24.3 Å². The minimum absolute atomic E-state index is 0.0185. The van der Waals surface area contributed by atoms with Gasteiger partial charge in [-0.25, -0.2) is 4.79 Å². The van der Waals surface area contributed by atoms with Crippen LogP contribution in [0.25, 0.3) is 0 Å². The van der Waals surface area contributed by atoms with Crippen molar-refractivity contribution >= 4 is 80.7 Å². The first-order valence-corrected chi connectivity index (χ1v) is 26.7. The van der Waals surface area contributed by atoms with Crippen molar-refractivity contribution in [3.05, 3.63) is 35.9 Å². The molecule has 9 nitrogen and oxygen atoms in total. The summed E-state index contributed by atoms with van der Waals surface area (Å²) in [7, 11) is 10.2. The summed E-state index contributed by atoms with van der Waals surface area (Å²) < 4.78 is 25.7. The van der Waals surface area contributed by atoms with Gasteiger partial charge in [0.25, 0.3) is 0 Å². The molecule has 0 amide bonds. The molecule has 1 N–H and O–H groups in total. The molecule has 4 fully saturated rings. The minimum atomic E-state index is -1.54. The predicted molar refractivity (Wildman–Crippen MR) is 191 cm³/mol. The molecule has 0 radical (unpaired) electrons. The maximum absolute atomic E-state index is 15.0. The Kier molecular flexibility index (Phi) is 11.1. The van der Waals surface area contributed by atoms with Crippen LogP contribution in [-0.2, 0) is 33.1 Å². The van der Waals surface area contributed by atoms with Crippen LogP contribution in [0.1, 0.15) is 57.8 Å². The largest absolute Gasteiger partial charge is 0.458 e. The molecule has 16 heteroatoms. The van der Waals surface area contributed by atoms with Gasteiger partial charge in [0, 0.05) is 25.2 Å². The lowest BCUT2D eigenvalue weighted by atomic mass is 9.44. The van der Waals surface area contributed by atoms with Crippen LogP contribution >= 0.6 is 57.2 Å². The average Bonchev–Trinajstić information content (AvgIpc) is 2.95. The molecule has 1 heterocycles. The fourth-order valence-electron chi connectivity index (χ4n) is 8.50. The van der Waals surface area contributed by atoms with Crippen molar-refractivity contribution < 1.29 is 43.0 Å². The Bertz CT molecular complexity index is 1340. The van der Waals surface area contributed by atoms with Gasteiger partial charge in [0.2, 0.25) is 11.6 Å². The Morgan fingerprint density at radius 1 is 1.02 bits per heavy atom. The van der Waals surface area contributed by atoms with Crippen molar-refractivity contribution in [1.82, 2.24) is 0 Å².